The van der Waals surface area contributed by atoms with Gasteiger partial charge in [0, 0.05) is 6.54 Å². The minimum atomic E-state index is -3.45. The minimum absolute atomic E-state index is 0.1000. The molecule has 0 fully saturated rings. The summed E-state index contributed by atoms with van der Waals surface area (Å²) in [6.07, 6.45) is 0.379. The number of ether oxygens (including phenoxy) is 3. The van der Waals surface area contributed by atoms with Gasteiger partial charge in [-0.15, -0.1) is 0 Å². The lowest BCUT2D eigenvalue weighted by Crippen LogP contribution is -2.26. The first-order valence-electron chi connectivity index (χ1n) is 10.00. The molecule has 0 amide bonds. The molecule has 29 heavy (non-hydrogen) atoms. The Morgan fingerprint density at radius 2 is 1.83 bits per heavy atom. The average molecular weight is 420 g/mol. The summed E-state index contributed by atoms with van der Waals surface area (Å²) in [7, 11) is -1.95. The van der Waals surface area contributed by atoms with Crippen molar-refractivity contribution in [3.8, 4) is 17.2 Å². The van der Waals surface area contributed by atoms with Crippen molar-refractivity contribution in [1.29, 1.82) is 0 Å². The highest BCUT2D eigenvalue weighted by Crippen LogP contribution is 2.42. The predicted molar refractivity (Wildman–Crippen MR) is 113 cm³/mol. The summed E-state index contributed by atoms with van der Waals surface area (Å²) in [5, 5.41) is 0. The summed E-state index contributed by atoms with van der Waals surface area (Å²) >= 11 is 0. The molecule has 0 spiro atoms. The maximum Gasteiger partial charge on any atom is 0.186 e. The number of sulfone groups is 1. The van der Waals surface area contributed by atoms with Gasteiger partial charge >= 0.3 is 0 Å². The van der Waals surface area contributed by atoms with Gasteiger partial charge in [0.1, 0.15) is 16.7 Å². The molecule has 0 N–H and O–H groups in total. The number of nitrogens with zero attached hydrogens (tertiary/aromatic N) is 1. The number of methoxy groups -OCH3 is 1. The summed E-state index contributed by atoms with van der Waals surface area (Å²) in [5.41, 5.74) is 0.792. The molecule has 1 aliphatic rings. The summed E-state index contributed by atoms with van der Waals surface area (Å²) in [6, 6.07) is 12.4. The number of rotatable bonds is 9. The van der Waals surface area contributed by atoms with Crippen molar-refractivity contribution in [2.45, 2.75) is 31.3 Å². The van der Waals surface area contributed by atoms with E-state index in [0.717, 1.165) is 37.4 Å². The first kappa shape index (κ1) is 21.5. The van der Waals surface area contributed by atoms with Gasteiger partial charge in [0.2, 0.25) is 0 Å². The molecule has 2 aromatic rings. The Morgan fingerprint density at radius 1 is 1.10 bits per heavy atom. The molecule has 0 radical (unpaired) electrons. The molecule has 7 heteroatoms. The van der Waals surface area contributed by atoms with Crippen LogP contribution < -0.4 is 14.2 Å². The summed E-state index contributed by atoms with van der Waals surface area (Å²) in [6.45, 7) is 8.07. The first-order valence-corrected chi connectivity index (χ1v) is 11.6. The van der Waals surface area contributed by atoms with Crippen LogP contribution in [-0.4, -0.2) is 52.4 Å². The Hall–Kier alpha value is -2.25. The second-order valence-corrected chi connectivity index (χ2v) is 8.98. The van der Waals surface area contributed by atoms with E-state index in [1.807, 2.05) is 24.3 Å². The Kier molecular flexibility index (Phi) is 7.03. The fourth-order valence-corrected chi connectivity index (χ4v) is 5.00. The quantitative estimate of drug-likeness (QED) is 0.577. The van der Waals surface area contributed by atoms with Crippen molar-refractivity contribution in [1.82, 2.24) is 4.90 Å². The molecule has 0 bridgehead atoms. The van der Waals surface area contributed by atoms with Crippen molar-refractivity contribution in [3.63, 3.8) is 0 Å². The molecule has 2 aromatic carbocycles. The second kappa shape index (κ2) is 9.50. The van der Waals surface area contributed by atoms with E-state index >= 15 is 0 Å². The van der Waals surface area contributed by atoms with Crippen LogP contribution in [0.5, 0.6) is 17.2 Å². The topological polar surface area (TPSA) is 65.1 Å². The third-order valence-electron chi connectivity index (χ3n) is 5.16. The van der Waals surface area contributed by atoms with Gasteiger partial charge in [0.05, 0.1) is 19.5 Å². The van der Waals surface area contributed by atoms with Crippen LogP contribution in [-0.2, 0) is 9.84 Å². The van der Waals surface area contributed by atoms with Gasteiger partial charge in [0.25, 0.3) is 0 Å². The number of benzene rings is 2. The van der Waals surface area contributed by atoms with E-state index in [-0.39, 0.29) is 16.4 Å². The van der Waals surface area contributed by atoms with E-state index in [1.165, 1.54) is 7.11 Å². The molecule has 0 unspecified atom stereocenters. The van der Waals surface area contributed by atoms with E-state index in [9.17, 15) is 8.42 Å². The Labute approximate surface area is 173 Å². The molecular formula is C22H29NO5S. The van der Waals surface area contributed by atoms with Crippen LogP contribution in [0.25, 0.3) is 0 Å². The molecular weight excluding hydrogens is 390 g/mol. The SMILES string of the molecule is CCN(CC)CCCOc1ccc([C@H]2CS(=O)(=O)c3cccc(OC)c3O2)cc1. The van der Waals surface area contributed by atoms with Crippen molar-refractivity contribution < 1.29 is 22.6 Å². The lowest BCUT2D eigenvalue weighted by Gasteiger charge is -2.27. The van der Waals surface area contributed by atoms with Gasteiger partial charge in [-0.2, -0.15) is 0 Å². The molecule has 6 nitrogen and oxygen atoms in total. The lowest BCUT2D eigenvalue weighted by molar-refractivity contribution is 0.204. The highest BCUT2D eigenvalue weighted by atomic mass is 32.2. The van der Waals surface area contributed by atoms with E-state index in [2.05, 4.69) is 18.7 Å². The molecule has 1 aliphatic heterocycles. The van der Waals surface area contributed by atoms with Gasteiger partial charge in [-0.25, -0.2) is 8.42 Å². The zero-order valence-corrected chi connectivity index (χ0v) is 18.1. The third-order valence-corrected chi connectivity index (χ3v) is 6.90. The van der Waals surface area contributed by atoms with E-state index in [0.29, 0.717) is 12.4 Å². The van der Waals surface area contributed by atoms with Crippen LogP contribution >= 0.6 is 0 Å². The number of para-hydroxylation sites is 1. The predicted octanol–water partition coefficient (Wildman–Crippen LogP) is 3.71. The number of fused-ring (bicyclic) bond motifs is 1. The normalized spacial score (nSPS) is 17.4. The van der Waals surface area contributed by atoms with Crippen molar-refractivity contribution in [2.75, 3.05) is 39.1 Å². The molecule has 0 aliphatic carbocycles. The molecule has 0 aromatic heterocycles. The standard InChI is InChI=1S/C22H29NO5S/c1-4-23(5-2)14-7-15-27-18-12-10-17(11-13-18)20-16-29(24,25)21-9-6-8-19(26-3)22(21)28-20/h6,8-13,20H,4-5,7,14-16H2,1-3H3/t20-/m1/s1. The largest absolute Gasteiger partial charge is 0.494 e. The van der Waals surface area contributed by atoms with Gasteiger partial charge in [0.15, 0.2) is 21.3 Å². The second-order valence-electron chi connectivity index (χ2n) is 6.97. The molecule has 0 saturated carbocycles. The molecule has 158 valence electrons. The van der Waals surface area contributed by atoms with Gasteiger partial charge in [-0.3, -0.25) is 0 Å². The average Bonchev–Trinajstić information content (AvgIpc) is 2.73. The summed E-state index contributed by atoms with van der Waals surface area (Å²) in [4.78, 5) is 2.54. The first-order chi connectivity index (χ1) is 14.0. The number of hydrogen-bond donors (Lipinski definition) is 0. The fourth-order valence-electron chi connectivity index (χ4n) is 3.44. The van der Waals surface area contributed by atoms with Crippen LogP contribution in [0.15, 0.2) is 47.4 Å². The highest BCUT2D eigenvalue weighted by Gasteiger charge is 2.34. The van der Waals surface area contributed by atoms with Crippen molar-refractivity contribution >= 4 is 9.84 Å². The highest BCUT2D eigenvalue weighted by molar-refractivity contribution is 7.91. The van der Waals surface area contributed by atoms with Crippen LogP contribution in [0.4, 0.5) is 0 Å². The zero-order valence-electron chi connectivity index (χ0n) is 17.3. The molecule has 1 atom stereocenters. The van der Waals surface area contributed by atoms with Crippen LogP contribution in [0, 0.1) is 0 Å². The Balaban J connectivity index is 1.66. The molecule has 0 saturated heterocycles. The monoisotopic (exact) mass is 419 g/mol. The van der Waals surface area contributed by atoms with Crippen LogP contribution in [0.1, 0.15) is 31.9 Å². The molecule has 3 rings (SSSR count). The van der Waals surface area contributed by atoms with Gasteiger partial charge in [-0.1, -0.05) is 32.0 Å². The maximum absolute atomic E-state index is 12.7. The van der Waals surface area contributed by atoms with Gasteiger partial charge in [-0.05, 0) is 49.3 Å². The number of hydrogen-bond acceptors (Lipinski definition) is 6. The smallest absolute Gasteiger partial charge is 0.186 e. The van der Waals surface area contributed by atoms with E-state index in [4.69, 9.17) is 14.2 Å². The Morgan fingerprint density at radius 3 is 2.48 bits per heavy atom. The van der Waals surface area contributed by atoms with Gasteiger partial charge < -0.3 is 19.1 Å². The zero-order chi connectivity index (χ0) is 20.9. The minimum Gasteiger partial charge on any atom is -0.494 e. The van der Waals surface area contributed by atoms with Crippen LogP contribution in [0.2, 0.25) is 0 Å². The Bertz CT molecular complexity index is 907. The summed E-state index contributed by atoms with van der Waals surface area (Å²) < 4.78 is 42.5. The third kappa shape index (κ3) is 5.03. The van der Waals surface area contributed by atoms with E-state index < -0.39 is 15.9 Å². The van der Waals surface area contributed by atoms with E-state index in [1.54, 1.807) is 18.2 Å². The fraction of sp³-hybridized carbons (Fsp3) is 0.455. The summed E-state index contributed by atoms with van der Waals surface area (Å²) in [5.74, 6) is 1.37. The van der Waals surface area contributed by atoms with Crippen molar-refractivity contribution in [3.05, 3.63) is 48.0 Å². The van der Waals surface area contributed by atoms with Crippen molar-refractivity contribution in [2.24, 2.45) is 0 Å². The molecule has 1 heterocycles. The maximum atomic E-state index is 12.7. The lowest BCUT2D eigenvalue weighted by atomic mass is 10.1. The van der Waals surface area contributed by atoms with Crippen LogP contribution in [0.3, 0.4) is 0 Å².